The van der Waals surface area contributed by atoms with Crippen LogP contribution in [0.5, 0.6) is 0 Å². The highest BCUT2D eigenvalue weighted by atomic mass is 33.1. The Morgan fingerprint density at radius 3 is 1.61 bits per heavy atom. The third-order valence-electron chi connectivity index (χ3n) is 2.08. The number of nitrogens with zero attached hydrogens (tertiary/aromatic N) is 3. The fraction of sp³-hybridized carbons (Fsp3) is 0.833. The number of rotatable bonds is 9. The Balaban J connectivity index is 4.49. The highest BCUT2D eigenvalue weighted by Crippen LogP contribution is 2.65. The zero-order valence-corrected chi connectivity index (χ0v) is 14.1. The number of hydrogen-bond acceptors (Lipinski definition) is 5. The molecule has 0 amide bonds. The van der Waals surface area contributed by atoms with E-state index in [0.717, 1.165) is 11.5 Å². The zero-order chi connectivity index (χ0) is 14.0. The lowest BCUT2D eigenvalue weighted by molar-refractivity contribution is 0.331. The molecule has 0 radical (unpaired) electrons. The van der Waals surface area contributed by atoms with E-state index in [2.05, 4.69) is 44.5 Å². The average molecular weight is 303 g/mol. The molecule has 0 spiro atoms. The van der Waals surface area contributed by atoms with Crippen molar-refractivity contribution in [2.75, 3.05) is 11.5 Å². The molecule has 0 aliphatic rings. The molecule has 18 heavy (non-hydrogen) atoms. The predicted octanol–water partition coefficient (Wildman–Crippen LogP) is 4.63. The topological polar surface area (TPSA) is 50.8 Å². The van der Waals surface area contributed by atoms with Crippen molar-refractivity contribution in [3.8, 4) is 12.1 Å². The third-order valence-corrected chi connectivity index (χ3v) is 10.0. The monoisotopic (exact) mass is 303 g/mol. The van der Waals surface area contributed by atoms with Gasteiger partial charge in [0, 0.05) is 36.4 Å². The molecule has 0 atom stereocenters. The molecule has 0 aliphatic heterocycles. The molecule has 0 unspecified atom stereocenters. The lowest BCUT2D eigenvalue weighted by Crippen LogP contribution is -2.31. The van der Waals surface area contributed by atoms with Crippen LogP contribution < -0.4 is 0 Å². The Morgan fingerprint density at radius 1 is 0.944 bits per heavy atom. The van der Waals surface area contributed by atoms with Gasteiger partial charge in [0.25, 0.3) is 0 Å². The minimum Gasteiger partial charge on any atom is -0.260 e. The van der Waals surface area contributed by atoms with E-state index in [9.17, 15) is 0 Å². The van der Waals surface area contributed by atoms with E-state index in [1.807, 2.05) is 22.8 Å². The standard InChI is InChI=1S/C12H22N3PS2/c1-11(2)15(12(3)4)16(17-9-5-7-13)18-10-6-8-14/h11-12H,5-6,9-10H2,1-4H3. The van der Waals surface area contributed by atoms with Gasteiger partial charge in [0.15, 0.2) is 0 Å². The van der Waals surface area contributed by atoms with Gasteiger partial charge < -0.3 is 0 Å². The van der Waals surface area contributed by atoms with Crippen molar-refractivity contribution < 1.29 is 0 Å². The average Bonchev–Trinajstić information content (AvgIpc) is 2.28. The Kier molecular flexibility index (Phi) is 11.0. The fourth-order valence-electron chi connectivity index (χ4n) is 1.48. The summed E-state index contributed by atoms with van der Waals surface area (Å²) in [6, 6.07) is 5.39. The second kappa shape index (κ2) is 10.9. The largest absolute Gasteiger partial charge is 0.260 e. The summed E-state index contributed by atoms with van der Waals surface area (Å²) in [6.07, 6.45) is 1.21. The molecule has 0 aliphatic carbocycles. The van der Waals surface area contributed by atoms with Gasteiger partial charge in [-0.2, -0.15) is 10.5 Å². The van der Waals surface area contributed by atoms with Crippen molar-refractivity contribution in [2.24, 2.45) is 0 Å². The maximum atomic E-state index is 8.63. The Labute approximate surface area is 121 Å². The minimum atomic E-state index is -0.362. The van der Waals surface area contributed by atoms with E-state index < -0.39 is 0 Å². The molecule has 3 nitrogen and oxygen atoms in total. The van der Waals surface area contributed by atoms with Gasteiger partial charge in [-0.15, -0.1) is 22.8 Å². The summed E-state index contributed by atoms with van der Waals surface area (Å²) in [5.74, 6) is 1.77. The lowest BCUT2D eigenvalue weighted by Gasteiger charge is -2.36. The van der Waals surface area contributed by atoms with Gasteiger partial charge in [0.1, 0.15) is 0 Å². The zero-order valence-electron chi connectivity index (χ0n) is 11.6. The molecule has 0 bridgehead atoms. The summed E-state index contributed by atoms with van der Waals surface area (Å²) in [6.45, 7) is 8.49. The van der Waals surface area contributed by atoms with Gasteiger partial charge in [0.05, 0.1) is 18.6 Å². The van der Waals surface area contributed by atoms with E-state index in [1.165, 1.54) is 0 Å². The minimum absolute atomic E-state index is 0.362. The normalized spacial score (nSPS) is 11.2. The molecular formula is C12H22N3PS2. The van der Waals surface area contributed by atoms with E-state index in [1.54, 1.807) is 0 Å². The van der Waals surface area contributed by atoms with E-state index in [0.29, 0.717) is 24.9 Å². The van der Waals surface area contributed by atoms with Gasteiger partial charge in [-0.25, -0.2) is 0 Å². The molecule has 0 saturated carbocycles. The first kappa shape index (κ1) is 18.1. The van der Waals surface area contributed by atoms with Crippen LogP contribution in [0.2, 0.25) is 0 Å². The Bertz CT molecular complexity index is 269. The summed E-state index contributed by atoms with van der Waals surface area (Å²) in [5.41, 5.74) is 0. The van der Waals surface area contributed by atoms with Crippen molar-refractivity contribution in [3.05, 3.63) is 0 Å². The highest BCUT2D eigenvalue weighted by Gasteiger charge is 2.24. The molecule has 0 aromatic heterocycles. The van der Waals surface area contributed by atoms with Crippen LogP contribution in [-0.2, 0) is 0 Å². The van der Waals surface area contributed by atoms with Crippen molar-refractivity contribution in [1.29, 1.82) is 10.5 Å². The summed E-state index contributed by atoms with van der Waals surface area (Å²) in [4.78, 5) is 0. The maximum absolute atomic E-state index is 8.63. The Hall–Kier alpha value is 0.0700. The molecule has 0 rings (SSSR count). The lowest BCUT2D eigenvalue weighted by atomic mass is 10.3. The number of hydrogen-bond donors (Lipinski definition) is 0. The van der Waals surface area contributed by atoms with Gasteiger partial charge in [-0.3, -0.25) is 4.67 Å². The van der Waals surface area contributed by atoms with Crippen molar-refractivity contribution in [3.63, 3.8) is 0 Å². The molecule has 0 heterocycles. The summed E-state index contributed by atoms with van der Waals surface area (Å²) in [5, 5.41) is 17.3. The predicted molar refractivity (Wildman–Crippen MR) is 84.4 cm³/mol. The van der Waals surface area contributed by atoms with E-state index >= 15 is 0 Å². The van der Waals surface area contributed by atoms with Crippen molar-refractivity contribution in [1.82, 2.24) is 4.67 Å². The molecule has 0 saturated heterocycles. The molecule has 102 valence electrons. The SMILES string of the molecule is CC(C)N(C(C)C)P(SCCC#N)SCCC#N. The third kappa shape index (κ3) is 7.49. The molecular weight excluding hydrogens is 281 g/mol. The van der Waals surface area contributed by atoms with Crippen LogP contribution in [0.4, 0.5) is 0 Å². The molecule has 6 heteroatoms. The second-order valence-electron chi connectivity index (χ2n) is 4.29. The molecule has 0 aromatic carbocycles. The van der Waals surface area contributed by atoms with Crippen LogP contribution in [0.15, 0.2) is 0 Å². The quantitative estimate of drug-likeness (QED) is 0.459. The van der Waals surface area contributed by atoms with Crippen LogP contribution >= 0.6 is 29.2 Å². The van der Waals surface area contributed by atoms with Crippen molar-refractivity contribution >= 4 is 29.2 Å². The van der Waals surface area contributed by atoms with Crippen LogP contribution in [-0.4, -0.2) is 28.3 Å². The van der Waals surface area contributed by atoms with Crippen molar-refractivity contribution in [2.45, 2.75) is 52.6 Å². The van der Waals surface area contributed by atoms with Gasteiger partial charge >= 0.3 is 0 Å². The Morgan fingerprint density at radius 2 is 1.33 bits per heavy atom. The van der Waals surface area contributed by atoms with Crippen LogP contribution in [0.3, 0.4) is 0 Å². The first-order valence-corrected chi connectivity index (χ1v) is 10.6. The van der Waals surface area contributed by atoms with E-state index in [4.69, 9.17) is 10.5 Å². The van der Waals surface area contributed by atoms with Crippen LogP contribution in [0.1, 0.15) is 40.5 Å². The second-order valence-corrected chi connectivity index (χ2v) is 10.9. The van der Waals surface area contributed by atoms with Gasteiger partial charge in [0.2, 0.25) is 0 Å². The molecule has 0 aromatic rings. The summed E-state index contributed by atoms with van der Waals surface area (Å²) >= 11 is 3.77. The summed E-state index contributed by atoms with van der Waals surface area (Å²) in [7, 11) is 0. The summed E-state index contributed by atoms with van der Waals surface area (Å²) < 4.78 is 2.51. The highest BCUT2D eigenvalue weighted by molar-refractivity contribution is 8.87. The van der Waals surface area contributed by atoms with Crippen LogP contribution in [0.25, 0.3) is 0 Å². The maximum Gasteiger partial charge on any atom is 0.0880 e. The molecule has 0 fully saturated rings. The van der Waals surface area contributed by atoms with Crippen LogP contribution in [0, 0.1) is 22.7 Å². The van der Waals surface area contributed by atoms with Gasteiger partial charge in [-0.05, 0) is 27.7 Å². The van der Waals surface area contributed by atoms with Gasteiger partial charge in [-0.1, -0.05) is 0 Å². The fourth-order valence-corrected chi connectivity index (χ4v) is 10.0. The smallest absolute Gasteiger partial charge is 0.0880 e. The first-order chi connectivity index (χ1) is 8.54. The molecule has 0 N–H and O–H groups in total. The van der Waals surface area contributed by atoms with E-state index in [-0.39, 0.29) is 6.48 Å². The number of nitriles is 2. The first-order valence-electron chi connectivity index (χ1n) is 6.12.